The van der Waals surface area contributed by atoms with Crippen LogP contribution >= 0.6 is 0 Å². The van der Waals surface area contributed by atoms with Gasteiger partial charge in [0.25, 0.3) is 0 Å². The maximum atomic E-state index is 9.60. The van der Waals surface area contributed by atoms with Gasteiger partial charge in [-0.2, -0.15) is 0 Å². The first-order valence-electron chi connectivity index (χ1n) is 3.24. The lowest BCUT2D eigenvalue weighted by Crippen LogP contribution is -2.22. The van der Waals surface area contributed by atoms with Gasteiger partial charge in [-0.25, -0.2) is 9.79 Å². The molecule has 58 valence electrons. The van der Waals surface area contributed by atoms with Gasteiger partial charge in [0.1, 0.15) is 0 Å². The zero-order valence-electron chi connectivity index (χ0n) is 6.68. The highest BCUT2D eigenvalue weighted by Crippen LogP contribution is 2.04. The van der Waals surface area contributed by atoms with Crippen molar-refractivity contribution in [3.63, 3.8) is 0 Å². The SMILES string of the molecule is CC(C)(C)O[SiH2]CN=C=O. The highest BCUT2D eigenvalue weighted by molar-refractivity contribution is 6.27. The van der Waals surface area contributed by atoms with Crippen LogP contribution in [0.15, 0.2) is 4.99 Å². The standard InChI is InChI=1S/C6H13NO2Si/c1-6(2,3)9-10-5-7-4-8/h5,10H2,1-3H3. The van der Waals surface area contributed by atoms with Crippen molar-refractivity contribution in [2.75, 3.05) is 6.17 Å². The Labute approximate surface area is 63.4 Å². The van der Waals surface area contributed by atoms with Crippen LogP contribution in [0.5, 0.6) is 0 Å². The quantitative estimate of drug-likeness (QED) is 0.255. The smallest absolute Gasteiger partial charge is 0.234 e. The fourth-order valence-corrected chi connectivity index (χ4v) is 1.33. The maximum absolute atomic E-state index is 9.60. The topological polar surface area (TPSA) is 38.7 Å². The summed E-state index contributed by atoms with van der Waals surface area (Å²) in [5.74, 6) is 0. The Bertz CT molecular complexity index is 135. The minimum absolute atomic E-state index is 0.0787. The van der Waals surface area contributed by atoms with Crippen molar-refractivity contribution >= 4 is 15.8 Å². The van der Waals surface area contributed by atoms with E-state index in [4.69, 9.17) is 4.43 Å². The van der Waals surface area contributed by atoms with Crippen LogP contribution in [0.25, 0.3) is 0 Å². The molecule has 0 saturated heterocycles. The van der Waals surface area contributed by atoms with Crippen LogP contribution in [-0.2, 0) is 9.22 Å². The van der Waals surface area contributed by atoms with E-state index in [-0.39, 0.29) is 5.60 Å². The third kappa shape index (κ3) is 7.56. The lowest BCUT2D eigenvalue weighted by Gasteiger charge is -2.18. The highest BCUT2D eigenvalue weighted by Gasteiger charge is 2.07. The van der Waals surface area contributed by atoms with E-state index in [0.717, 1.165) is 0 Å². The fourth-order valence-electron chi connectivity index (χ4n) is 0.443. The van der Waals surface area contributed by atoms with E-state index in [1.165, 1.54) is 6.08 Å². The second kappa shape index (κ2) is 4.38. The normalized spacial score (nSPS) is 11.9. The Kier molecular flexibility index (Phi) is 4.19. The zero-order valence-corrected chi connectivity index (χ0v) is 8.09. The molecule has 0 fully saturated rings. The summed E-state index contributed by atoms with van der Waals surface area (Å²) in [6.45, 7) is 5.97. The van der Waals surface area contributed by atoms with E-state index in [0.29, 0.717) is 6.17 Å². The van der Waals surface area contributed by atoms with Gasteiger partial charge in [0.15, 0.2) is 9.76 Å². The van der Waals surface area contributed by atoms with Gasteiger partial charge in [-0.05, 0) is 20.8 Å². The summed E-state index contributed by atoms with van der Waals surface area (Å²) in [6.07, 6.45) is 2.03. The summed E-state index contributed by atoms with van der Waals surface area (Å²) in [4.78, 5) is 13.0. The minimum atomic E-state index is -0.633. The molecule has 0 aromatic carbocycles. The van der Waals surface area contributed by atoms with Gasteiger partial charge >= 0.3 is 0 Å². The highest BCUT2D eigenvalue weighted by atomic mass is 28.2. The average molecular weight is 159 g/mol. The molecule has 0 rings (SSSR count). The van der Waals surface area contributed by atoms with Crippen molar-refractivity contribution in [3.8, 4) is 0 Å². The molecule has 0 unspecified atom stereocenters. The van der Waals surface area contributed by atoms with Crippen molar-refractivity contribution < 1.29 is 9.22 Å². The van der Waals surface area contributed by atoms with E-state index in [9.17, 15) is 4.79 Å². The van der Waals surface area contributed by atoms with Gasteiger partial charge < -0.3 is 4.43 Å². The van der Waals surface area contributed by atoms with Gasteiger partial charge in [-0.15, -0.1) is 0 Å². The van der Waals surface area contributed by atoms with Crippen LogP contribution in [0.4, 0.5) is 0 Å². The Morgan fingerprint density at radius 3 is 2.60 bits per heavy atom. The summed E-state index contributed by atoms with van der Waals surface area (Å²) >= 11 is 0. The van der Waals surface area contributed by atoms with Gasteiger partial charge in [0, 0.05) is 5.60 Å². The molecular weight excluding hydrogens is 146 g/mol. The van der Waals surface area contributed by atoms with Crippen molar-refractivity contribution in [1.82, 2.24) is 0 Å². The van der Waals surface area contributed by atoms with Gasteiger partial charge in [-0.1, -0.05) is 0 Å². The predicted octanol–water partition coefficient (Wildman–Crippen LogP) is 0.179. The average Bonchev–Trinajstić information content (AvgIpc) is 1.78. The van der Waals surface area contributed by atoms with E-state index in [1.807, 2.05) is 20.8 Å². The van der Waals surface area contributed by atoms with Gasteiger partial charge in [-0.3, -0.25) is 0 Å². The molecule has 0 spiro atoms. The monoisotopic (exact) mass is 159 g/mol. The van der Waals surface area contributed by atoms with E-state index in [2.05, 4.69) is 4.99 Å². The summed E-state index contributed by atoms with van der Waals surface area (Å²) < 4.78 is 5.40. The van der Waals surface area contributed by atoms with Crippen LogP contribution in [-0.4, -0.2) is 27.6 Å². The third-order valence-electron chi connectivity index (χ3n) is 0.803. The molecule has 0 aromatic heterocycles. The molecule has 0 aromatic rings. The second-order valence-electron chi connectivity index (χ2n) is 2.93. The van der Waals surface area contributed by atoms with Gasteiger partial charge in [0.05, 0.1) is 6.17 Å². The Hall–Kier alpha value is -0.443. The first-order chi connectivity index (χ1) is 4.56. The number of hydrogen-bond acceptors (Lipinski definition) is 3. The molecule has 0 aliphatic rings. The molecule has 10 heavy (non-hydrogen) atoms. The van der Waals surface area contributed by atoms with Crippen LogP contribution in [0.2, 0.25) is 0 Å². The van der Waals surface area contributed by atoms with Crippen molar-refractivity contribution in [2.45, 2.75) is 26.4 Å². The molecule has 0 radical (unpaired) electrons. The molecule has 3 nitrogen and oxygen atoms in total. The molecule has 0 amide bonds. The Balaban J connectivity index is 3.28. The Morgan fingerprint density at radius 1 is 1.60 bits per heavy atom. The molecule has 4 heteroatoms. The number of carbonyl (C=O) groups excluding carboxylic acids is 1. The van der Waals surface area contributed by atoms with Crippen LogP contribution in [0.1, 0.15) is 20.8 Å². The van der Waals surface area contributed by atoms with Crippen molar-refractivity contribution in [1.29, 1.82) is 0 Å². The molecule has 0 N–H and O–H groups in total. The maximum Gasteiger partial charge on any atom is 0.234 e. The number of isocyanates is 1. The number of rotatable bonds is 3. The molecule has 0 atom stereocenters. The molecule has 0 saturated carbocycles. The summed E-state index contributed by atoms with van der Waals surface area (Å²) in [5, 5.41) is 0. The largest absolute Gasteiger partial charge is 0.417 e. The first-order valence-corrected chi connectivity index (χ1v) is 4.81. The third-order valence-corrected chi connectivity index (χ3v) is 2.28. The van der Waals surface area contributed by atoms with E-state index in [1.54, 1.807) is 0 Å². The fraction of sp³-hybridized carbons (Fsp3) is 0.833. The van der Waals surface area contributed by atoms with Crippen molar-refractivity contribution in [2.24, 2.45) is 4.99 Å². The molecule has 0 aliphatic heterocycles. The summed E-state index contributed by atoms with van der Waals surface area (Å²) in [6, 6.07) is 0. The Morgan fingerprint density at radius 2 is 2.20 bits per heavy atom. The number of nitrogens with zero attached hydrogens (tertiary/aromatic N) is 1. The summed E-state index contributed by atoms with van der Waals surface area (Å²) in [7, 11) is -0.633. The second-order valence-corrected chi connectivity index (χ2v) is 4.08. The lowest BCUT2D eigenvalue weighted by molar-refractivity contribution is 0.138. The van der Waals surface area contributed by atoms with Crippen LogP contribution < -0.4 is 0 Å². The summed E-state index contributed by atoms with van der Waals surface area (Å²) in [5.41, 5.74) is -0.0787. The first kappa shape index (κ1) is 9.56. The molecule has 0 aliphatic carbocycles. The minimum Gasteiger partial charge on any atom is -0.417 e. The van der Waals surface area contributed by atoms with E-state index >= 15 is 0 Å². The molecule has 0 bridgehead atoms. The lowest BCUT2D eigenvalue weighted by atomic mass is 10.2. The zero-order chi connectivity index (χ0) is 8.04. The van der Waals surface area contributed by atoms with Crippen LogP contribution in [0, 0.1) is 0 Å². The number of aliphatic imine (C=N–C) groups is 1. The van der Waals surface area contributed by atoms with Crippen LogP contribution in [0.3, 0.4) is 0 Å². The van der Waals surface area contributed by atoms with Crippen molar-refractivity contribution in [3.05, 3.63) is 0 Å². The molecular formula is C6H13NO2Si. The number of hydrogen-bond donors (Lipinski definition) is 0. The molecule has 0 heterocycles. The predicted molar refractivity (Wildman–Crippen MR) is 42.4 cm³/mol. The van der Waals surface area contributed by atoms with E-state index < -0.39 is 9.76 Å². The van der Waals surface area contributed by atoms with Gasteiger partial charge in [0.2, 0.25) is 6.08 Å².